The Kier molecular flexibility index (Phi) is 7.61. The lowest BCUT2D eigenvalue weighted by atomic mass is 9.90. The Hall–Kier alpha value is -4.57. The van der Waals surface area contributed by atoms with E-state index in [0.29, 0.717) is 40.6 Å². The van der Waals surface area contributed by atoms with Gasteiger partial charge in [0.1, 0.15) is 5.92 Å². The van der Waals surface area contributed by atoms with Crippen LogP contribution >= 0.6 is 11.6 Å². The number of fused-ring (bicyclic) bond motifs is 2. The van der Waals surface area contributed by atoms with Gasteiger partial charge in [-0.1, -0.05) is 41.9 Å². The maximum atomic E-state index is 13.9. The van der Waals surface area contributed by atoms with Gasteiger partial charge >= 0.3 is 12.2 Å². The number of carbonyl (C=O) groups excluding carboxylic acids is 4. The number of nitrogens with one attached hydrogen (secondary N) is 3. The maximum Gasteiger partial charge on any atom is 0.412 e. The molecule has 1 spiro atoms. The van der Waals surface area contributed by atoms with Crippen LogP contribution in [-0.2, 0) is 31.1 Å². The molecule has 0 bridgehead atoms. The molecule has 0 aliphatic carbocycles. The van der Waals surface area contributed by atoms with Crippen molar-refractivity contribution in [3.05, 3.63) is 88.9 Å². The zero-order chi connectivity index (χ0) is 28.3. The van der Waals surface area contributed by atoms with E-state index in [1.165, 1.54) is 7.11 Å². The molecule has 0 aromatic heterocycles. The van der Waals surface area contributed by atoms with Gasteiger partial charge in [0.15, 0.2) is 5.60 Å². The highest BCUT2D eigenvalue weighted by Gasteiger charge is 2.50. The molecule has 3 N–H and O–H groups in total. The third-order valence-electron chi connectivity index (χ3n) is 7.02. The molecule has 0 saturated carbocycles. The second kappa shape index (κ2) is 11.3. The van der Waals surface area contributed by atoms with Gasteiger partial charge in [-0.3, -0.25) is 20.2 Å². The van der Waals surface area contributed by atoms with Crippen molar-refractivity contribution in [3.8, 4) is 0 Å². The summed E-state index contributed by atoms with van der Waals surface area (Å²) in [6.45, 7) is 0.392. The quantitative estimate of drug-likeness (QED) is 0.363. The lowest BCUT2D eigenvalue weighted by molar-refractivity contribution is -0.140. The minimum absolute atomic E-state index is 0.0963. The van der Waals surface area contributed by atoms with E-state index in [2.05, 4.69) is 20.7 Å². The number of ether oxygens (including phenoxy) is 2. The Labute approximate surface area is 235 Å². The highest BCUT2D eigenvalue weighted by molar-refractivity contribution is 6.30. The van der Waals surface area contributed by atoms with Crippen LogP contribution in [0.2, 0.25) is 5.02 Å². The highest BCUT2D eigenvalue weighted by atomic mass is 35.5. The Morgan fingerprint density at radius 3 is 2.45 bits per heavy atom. The average Bonchev–Trinajstić information content (AvgIpc) is 3.37. The van der Waals surface area contributed by atoms with Crippen LogP contribution in [0.1, 0.15) is 17.5 Å². The fourth-order valence-corrected chi connectivity index (χ4v) is 5.21. The zero-order valence-corrected chi connectivity index (χ0v) is 22.4. The number of carbonyl (C=O) groups is 4. The number of hydrogen-bond acceptors (Lipinski definition) is 6. The predicted octanol–water partition coefficient (Wildman–Crippen LogP) is 5.01. The number of halogens is 1. The zero-order valence-electron chi connectivity index (χ0n) is 21.6. The van der Waals surface area contributed by atoms with Gasteiger partial charge in [0.2, 0.25) is 11.8 Å². The third kappa shape index (κ3) is 5.72. The summed E-state index contributed by atoms with van der Waals surface area (Å²) in [5, 5.41) is 8.53. The van der Waals surface area contributed by atoms with E-state index >= 15 is 0 Å². The van der Waals surface area contributed by atoms with Crippen LogP contribution in [0.25, 0.3) is 0 Å². The van der Waals surface area contributed by atoms with E-state index in [-0.39, 0.29) is 18.9 Å². The molecular weight excluding hydrogens is 536 g/mol. The summed E-state index contributed by atoms with van der Waals surface area (Å²) in [6, 6.07) is 20.9. The van der Waals surface area contributed by atoms with E-state index in [9.17, 15) is 19.2 Å². The molecular formula is C29H27ClN4O6. The van der Waals surface area contributed by atoms with Crippen molar-refractivity contribution in [2.75, 3.05) is 36.1 Å². The van der Waals surface area contributed by atoms with E-state index in [4.69, 9.17) is 16.3 Å². The molecule has 11 heteroatoms. The number of nitrogens with zero attached hydrogens (tertiary/aromatic N) is 1. The number of rotatable bonds is 6. The summed E-state index contributed by atoms with van der Waals surface area (Å²) in [5.74, 6) is -1.89. The van der Waals surface area contributed by atoms with Crippen LogP contribution in [0.3, 0.4) is 0 Å². The first kappa shape index (κ1) is 27.0. The number of amides is 4. The van der Waals surface area contributed by atoms with Gasteiger partial charge in [0.05, 0.1) is 19.3 Å². The lowest BCUT2D eigenvalue weighted by Gasteiger charge is -2.35. The summed E-state index contributed by atoms with van der Waals surface area (Å²) >= 11 is 6.25. The van der Waals surface area contributed by atoms with E-state index in [1.54, 1.807) is 47.4 Å². The van der Waals surface area contributed by atoms with Gasteiger partial charge in [-0.15, -0.1) is 0 Å². The first-order valence-corrected chi connectivity index (χ1v) is 13.0. The van der Waals surface area contributed by atoms with Crippen molar-refractivity contribution in [3.63, 3.8) is 0 Å². The van der Waals surface area contributed by atoms with Gasteiger partial charge < -0.3 is 19.7 Å². The summed E-state index contributed by atoms with van der Waals surface area (Å²) in [7, 11) is 1.26. The molecule has 206 valence electrons. The van der Waals surface area contributed by atoms with Gasteiger partial charge in [0, 0.05) is 34.9 Å². The summed E-state index contributed by atoms with van der Waals surface area (Å²) in [6.07, 6.45) is -0.667. The fourth-order valence-electron chi connectivity index (χ4n) is 5.04. The molecule has 0 radical (unpaired) electrons. The lowest BCUT2D eigenvalue weighted by Crippen LogP contribution is -2.45. The molecule has 2 heterocycles. The van der Waals surface area contributed by atoms with Crippen molar-refractivity contribution < 1.29 is 28.7 Å². The molecule has 2 aliphatic heterocycles. The molecule has 3 aromatic rings. The first-order chi connectivity index (χ1) is 19.3. The molecule has 0 unspecified atom stereocenters. The third-order valence-corrected chi connectivity index (χ3v) is 7.26. The second-order valence-corrected chi connectivity index (χ2v) is 10.1. The molecule has 1 saturated heterocycles. The van der Waals surface area contributed by atoms with Crippen LogP contribution in [0.4, 0.5) is 26.7 Å². The number of hydrogen-bond donors (Lipinski definition) is 3. The summed E-state index contributed by atoms with van der Waals surface area (Å²) < 4.78 is 10.3. The van der Waals surface area contributed by atoms with Gasteiger partial charge in [-0.25, -0.2) is 9.59 Å². The maximum absolute atomic E-state index is 13.9. The summed E-state index contributed by atoms with van der Waals surface area (Å²) in [5.41, 5.74) is 1.99. The molecule has 1 fully saturated rings. The van der Waals surface area contributed by atoms with Crippen molar-refractivity contribution in [1.82, 2.24) is 4.90 Å². The van der Waals surface area contributed by atoms with Crippen molar-refractivity contribution >= 4 is 52.7 Å². The molecule has 5 rings (SSSR count). The van der Waals surface area contributed by atoms with Crippen molar-refractivity contribution in [2.45, 2.75) is 18.4 Å². The molecule has 4 amide bonds. The highest BCUT2D eigenvalue weighted by Crippen LogP contribution is 2.44. The van der Waals surface area contributed by atoms with Gasteiger partial charge in [0.25, 0.3) is 0 Å². The molecule has 2 atom stereocenters. The largest absolute Gasteiger partial charge is 0.453 e. The van der Waals surface area contributed by atoms with E-state index in [0.717, 1.165) is 5.56 Å². The predicted molar refractivity (Wildman–Crippen MR) is 149 cm³/mol. The summed E-state index contributed by atoms with van der Waals surface area (Å²) in [4.78, 5) is 52.8. The van der Waals surface area contributed by atoms with Crippen molar-refractivity contribution in [2.24, 2.45) is 5.92 Å². The Balaban J connectivity index is 1.37. The Bertz CT molecular complexity index is 1450. The van der Waals surface area contributed by atoms with Crippen LogP contribution in [0.15, 0.2) is 72.8 Å². The molecule has 40 heavy (non-hydrogen) atoms. The van der Waals surface area contributed by atoms with Crippen LogP contribution in [0, 0.1) is 5.92 Å². The first-order valence-electron chi connectivity index (χ1n) is 12.6. The van der Waals surface area contributed by atoms with Crippen molar-refractivity contribution in [1.29, 1.82) is 0 Å². The Morgan fingerprint density at radius 2 is 1.75 bits per heavy atom. The smallest absolute Gasteiger partial charge is 0.412 e. The van der Waals surface area contributed by atoms with Crippen LogP contribution < -0.4 is 16.0 Å². The van der Waals surface area contributed by atoms with Gasteiger partial charge in [-0.05, 0) is 54.4 Å². The minimum atomic E-state index is -1.06. The second-order valence-electron chi connectivity index (χ2n) is 9.63. The van der Waals surface area contributed by atoms with E-state index < -0.39 is 29.6 Å². The average molecular weight is 563 g/mol. The topological polar surface area (TPSA) is 126 Å². The normalized spacial score (nSPS) is 18.2. The number of benzene rings is 3. The number of anilines is 3. The van der Waals surface area contributed by atoms with Crippen LogP contribution in [0.5, 0.6) is 0 Å². The minimum Gasteiger partial charge on any atom is -0.453 e. The number of likely N-dealkylation sites (tertiary alicyclic amines) is 1. The monoisotopic (exact) mass is 562 g/mol. The fraction of sp³-hybridized carbons (Fsp3) is 0.241. The molecule has 2 aliphatic rings. The van der Waals surface area contributed by atoms with E-state index in [1.807, 2.05) is 30.3 Å². The number of methoxy groups -OCH3 is 1. The Morgan fingerprint density at radius 1 is 1.05 bits per heavy atom. The standard InChI is InChI=1S/C29H27ClN4O6/c1-39-27(37)32-21-10-8-20(9-11-21)31-25(35)22(15-18-5-3-2-4-6-18)26(36)34-14-13-29(17-34)23-16-19(30)7-12-24(23)33-28(38)40-29/h2-12,16,22H,13-15,17H2,1H3,(H,31,35)(H,32,37)(H,33,38)/t22-,29-/m0/s1. The molecule has 10 nitrogen and oxygen atoms in total. The molecule has 3 aromatic carbocycles. The SMILES string of the molecule is COC(=O)Nc1ccc(NC(=O)[C@H](Cc2ccccc2)C(=O)N2CC[C@@]3(C2)OC(=O)Nc2ccc(Cl)cc23)cc1. The van der Waals surface area contributed by atoms with Crippen LogP contribution in [-0.4, -0.2) is 49.1 Å². The van der Waals surface area contributed by atoms with Gasteiger partial charge in [-0.2, -0.15) is 0 Å².